The van der Waals surface area contributed by atoms with E-state index in [1.165, 1.54) is 35.6 Å². The van der Waals surface area contributed by atoms with Gasteiger partial charge in [-0.05, 0) is 75.4 Å². The van der Waals surface area contributed by atoms with E-state index in [1.54, 1.807) is 6.92 Å². The molecule has 0 bridgehead atoms. The van der Waals surface area contributed by atoms with Crippen LogP contribution in [-0.2, 0) is 27.7 Å². The normalized spacial score (nSPS) is 18.5. The number of rotatable bonds is 9. The summed E-state index contributed by atoms with van der Waals surface area (Å²) in [7, 11) is -3.74. The Labute approximate surface area is 264 Å². The van der Waals surface area contributed by atoms with Crippen molar-refractivity contribution in [3.8, 4) is 0 Å². The lowest BCUT2D eigenvalue weighted by Gasteiger charge is -2.40. The van der Waals surface area contributed by atoms with Crippen molar-refractivity contribution in [2.24, 2.45) is 0 Å². The molecular weight excluding hydrogens is 601 g/mol. The number of ether oxygens (including phenoxy) is 1. The number of nitrogens with one attached hydrogen (secondary N) is 2. The topological polar surface area (TPSA) is 125 Å². The molecular formula is C32H44N4O6S2. The Morgan fingerprint density at radius 3 is 2.11 bits per heavy atom. The van der Waals surface area contributed by atoms with E-state index < -0.39 is 27.9 Å². The molecule has 0 unspecified atom stereocenters. The number of hydrogen-bond acceptors (Lipinski definition) is 8. The molecule has 2 heterocycles. The van der Waals surface area contributed by atoms with Crippen LogP contribution in [-0.4, -0.2) is 67.3 Å². The van der Waals surface area contributed by atoms with Crippen molar-refractivity contribution in [1.82, 2.24) is 14.5 Å². The summed E-state index contributed by atoms with van der Waals surface area (Å²) in [5, 5.41) is 5.51. The molecule has 0 saturated heterocycles. The Balaban J connectivity index is 1.37. The first-order chi connectivity index (χ1) is 21.2. The molecule has 10 nitrogen and oxygen atoms in total. The maximum atomic E-state index is 14.1. The maximum absolute atomic E-state index is 14.1. The number of nitrogens with zero attached hydrogens (tertiary/aromatic N) is 2. The zero-order chi connectivity index (χ0) is 31.3. The van der Waals surface area contributed by atoms with Crippen LogP contribution in [0.3, 0.4) is 0 Å². The zero-order valence-corrected chi connectivity index (χ0v) is 27.4. The summed E-state index contributed by atoms with van der Waals surface area (Å²) in [4.78, 5) is 42.1. The van der Waals surface area contributed by atoms with Gasteiger partial charge in [-0.1, -0.05) is 45.4 Å². The highest BCUT2D eigenvalue weighted by Gasteiger charge is 2.38. The van der Waals surface area contributed by atoms with E-state index in [0.29, 0.717) is 18.0 Å². The summed E-state index contributed by atoms with van der Waals surface area (Å²) in [5.74, 6) is -1.07. The number of imide groups is 1. The molecule has 1 aliphatic heterocycles. The minimum atomic E-state index is -3.74. The van der Waals surface area contributed by atoms with Gasteiger partial charge >= 0.3 is 6.09 Å². The molecule has 240 valence electrons. The van der Waals surface area contributed by atoms with Crippen LogP contribution >= 0.6 is 11.3 Å². The fourth-order valence-electron chi connectivity index (χ4n) is 6.81. The van der Waals surface area contributed by atoms with Crippen LogP contribution in [0.15, 0.2) is 29.2 Å². The van der Waals surface area contributed by atoms with Crippen molar-refractivity contribution in [2.45, 2.75) is 108 Å². The number of likely N-dealkylation sites (N-methyl/N-ethyl adjacent to an activating group) is 1. The summed E-state index contributed by atoms with van der Waals surface area (Å²) < 4.78 is 34.8. The lowest BCUT2D eigenvalue weighted by atomic mass is 9.91. The third kappa shape index (κ3) is 7.19. The second-order valence-electron chi connectivity index (χ2n) is 11.9. The van der Waals surface area contributed by atoms with E-state index in [2.05, 4.69) is 22.5 Å². The fraction of sp³-hybridized carbons (Fsp3) is 0.594. The summed E-state index contributed by atoms with van der Waals surface area (Å²) in [6, 6.07) is 6.16. The van der Waals surface area contributed by atoms with Gasteiger partial charge in [0.1, 0.15) is 5.00 Å². The smallest absolute Gasteiger partial charge is 0.414 e. The van der Waals surface area contributed by atoms with Crippen LogP contribution in [0.1, 0.15) is 109 Å². The third-order valence-electron chi connectivity index (χ3n) is 9.09. The van der Waals surface area contributed by atoms with Crippen molar-refractivity contribution in [3.63, 3.8) is 0 Å². The molecule has 2 saturated carbocycles. The molecule has 2 fully saturated rings. The first-order valence-electron chi connectivity index (χ1n) is 16.0. The monoisotopic (exact) mass is 644 g/mol. The van der Waals surface area contributed by atoms with E-state index in [-0.39, 0.29) is 34.7 Å². The first kappa shape index (κ1) is 32.6. The standard InChI is InChI=1S/C32H44N4O6S2/c1-3-35-20-19-26-27(21-35)43-31(28(26)30(38)34-32(39)42-4-2)33-29(37)22-15-17-25(18-16-22)44(40,41)36(23-11-7-5-8-12-23)24-13-9-6-10-14-24/h15-18,23-24H,3-14,19-21H2,1-2H3,(H,33,37)(H,34,38,39). The van der Waals surface area contributed by atoms with Gasteiger partial charge in [0.15, 0.2) is 0 Å². The highest BCUT2D eigenvalue weighted by Crippen LogP contribution is 2.38. The number of benzene rings is 1. The van der Waals surface area contributed by atoms with Crippen molar-refractivity contribution < 1.29 is 27.5 Å². The maximum Gasteiger partial charge on any atom is 0.414 e. The number of amides is 3. The molecule has 2 aliphatic carbocycles. The third-order valence-corrected chi connectivity index (χ3v) is 12.2. The molecule has 0 radical (unpaired) electrons. The molecule has 2 N–H and O–H groups in total. The number of alkyl carbamates (subject to hydrolysis) is 1. The van der Waals surface area contributed by atoms with Gasteiger partial charge < -0.3 is 10.1 Å². The van der Waals surface area contributed by atoms with Crippen LogP contribution in [0.5, 0.6) is 0 Å². The molecule has 3 aliphatic rings. The van der Waals surface area contributed by atoms with E-state index in [9.17, 15) is 22.8 Å². The van der Waals surface area contributed by atoms with Gasteiger partial charge in [-0.15, -0.1) is 11.3 Å². The number of carbonyl (C=O) groups excluding carboxylic acids is 3. The highest BCUT2D eigenvalue weighted by atomic mass is 32.2. The van der Waals surface area contributed by atoms with Gasteiger partial charge in [0.05, 0.1) is 17.1 Å². The molecule has 1 aromatic heterocycles. The minimum absolute atomic E-state index is 0.0208. The van der Waals surface area contributed by atoms with Crippen molar-refractivity contribution >= 4 is 44.3 Å². The lowest BCUT2D eigenvalue weighted by Crippen LogP contribution is -2.48. The van der Waals surface area contributed by atoms with Crippen LogP contribution in [0.4, 0.5) is 9.80 Å². The van der Waals surface area contributed by atoms with E-state index in [0.717, 1.165) is 87.7 Å². The Bertz CT molecular complexity index is 1430. The summed E-state index contributed by atoms with van der Waals surface area (Å²) in [6.07, 6.45) is 9.83. The van der Waals surface area contributed by atoms with Crippen LogP contribution < -0.4 is 10.6 Å². The predicted molar refractivity (Wildman–Crippen MR) is 171 cm³/mol. The quantitative estimate of drug-likeness (QED) is 0.347. The molecule has 5 rings (SSSR count). The molecule has 0 spiro atoms. The first-order valence-corrected chi connectivity index (χ1v) is 18.3. The number of thiophene rings is 1. The largest absolute Gasteiger partial charge is 0.450 e. The number of hydrogen-bond donors (Lipinski definition) is 2. The Kier molecular flexibility index (Phi) is 10.8. The van der Waals surface area contributed by atoms with Gasteiger partial charge in [0.2, 0.25) is 10.0 Å². The average Bonchev–Trinajstić information content (AvgIpc) is 3.39. The number of anilines is 1. The molecule has 1 aromatic carbocycles. The molecule has 3 amide bonds. The second-order valence-corrected chi connectivity index (χ2v) is 14.8. The number of carbonyl (C=O) groups is 3. The van der Waals surface area contributed by atoms with Crippen LogP contribution in [0.25, 0.3) is 0 Å². The van der Waals surface area contributed by atoms with Gasteiger partial charge in [-0.25, -0.2) is 13.2 Å². The second kappa shape index (κ2) is 14.5. The Hall–Kier alpha value is -2.80. The number of sulfonamides is 1. The zero-order valence-electron chi connectivity index (χ0n) is 25.7. The molecule has 0 atom stereocenters. The van der Waals surface area contributed by atoms with Crippen molar-refractivity contribution in [2.75, 3.05) is 25.0 Å². The predicted octanol–water partition coefficient (Wildman–Crippen LogP) is 5.92. The number of fused-ring (bicyclic) bond motifs is 1. The molecule has 2 aromatic rings. The SMILES string of the molecule is CCOC(=O)NC(=O)c1c(NC(=O)c2ccc(S(=O)(=O)N(C3CCCCC3)C3CCCCC3)cc2)sc2c1CCN(CC)C2. The van der Waals surface area contributed by atoms with Crippen molar-refractivity contribution in [3.05, 3.63) is 45.8 Å². The summed E-state index contributed by atoms with van der Waals surface area (Å²) >= 11 is 1.33. The fourth-order valence-corrected chi connectivity index (χ4v) is 10.0. The highest BCUT2D eigenvalue weighted by molar-refractivity contribution is 7.89. The van der Waals surface area contributed by atoms with E-state index >= 15 is 0 Å². The average molecular weight is 645 g/mol. The summed E-state index contributed by atoms with van der Waals surface area (Å²) in [6.45, 7) is 6.13. The van der Waals surface area contributed by atoms with Gasteiger partial charge in [-0.2, -0.15) is 4.31 Å². The Morgan fingerprint density at radius 2 is 1.55 bits per heavy atom. The van der Waals surface area contributed by atoms with Crippen molar-refractivity contribution in [1.29, 1.82) is 0 Å². The van der Waals surface area contributed by atoms with Crippen LogP contribution in [0, 0.1) is 0 Å². The minimum Gasteiger partial charge on any atom is -0.450 e. The summed E-state index contributed by atoms with van der Waals surface area (Å²) in [5.41, 5.74) is 1.38. The van der Waals surface area contributed by atoms with Gasteiger partial charge in [-0.3, -0.25) is 19.8 Å². The van der Waals surface area contributed by atoms with Gasteiger partial charge in [0, 0.05) is 35.6 Å². The molecule has 44 heavy (non-hydrogen) atoms. The van der Waals surface area contributed by atoms with Gasteiger partial charge in [0.25, 0.3) is 11.8 Å². The lowest BCUT2D eigenvalue weighted by molar-refractivity contribution is 0.0924. The Morgan fingerprint density at radius 1 is 0.932 bits per heavy atom. The van der Waals surface area contributed by atoms with E-state index in [1.807, 2.05) is 4.31 Å². The van der Waals surface area contributed by atoms with Crippen LogP contribution in [0.2, 0.25) is 0 Å². The molecule has 12 heteroatoms. The van der Waals surface area contributed by atoms with E-state index in [4.69, 9.17) is 4.74 Å².